The summed E-state index contributed by atoms with van der Waals surface area (Å²) < 4.78 is 72.3. The van der Waals surface area contributed by atoms with Crippen LogP contribution in [0.5, 0.6) is 0 Å². The molecule has 0 aliphatic carbocycles. The maximum absolute atomic E-state index is 13.4. The van der Waals surface area contributed by atoms with Crippen LogP contribution in [-0.2, 0) is 32.2 Å². The molecule has 1 unspecified atom stereocenters. The molecule has 2 amide bonds. The van der Waals surface area contributed by atoms with E-state index in [1.165, 1.54) is 17.2 Å². The van der Waals surface area contributed by atoms with Gasteiger partial charge in [0.05, 0.1) is 52.9 Å². The van der Waals surface area contributed by atoms with Crippen molar-refractivity contribution < 1.29 is 35.9 Å². The highest BCUT2D eigenvalue weighted by Crippen LogP contribution is 2.36. The molecule has 0 radical (unpaired) electrons. The first kappa shape index (κ1) is 30.4. The third kappa shape index (κ3) is 6.68. The van der Waals surface area contributed by atoms with Crippen LogP contribution in [0, 0.1) is 6.92 Å². The molecule has 2 aromatic carbocycles. The van der Waals surface area contributed by atoms with Gasteiger partial charge in [-0.3, -0.25) is 19.0 Å². The van der Waals surface area contributed by atoms with Crippen LogP contribution in [-0.4, -0.2) is 56.5 Å². The number of hydrogen-bond donors (Lipinski definition) is 1. The van der Waals surface area contributed by atoms with E-state index >= 15 is 0 Å². The topological polar surface area (TPSA) is 109 Å². The molecule has 1 saturated heterocycles. The Hall–Kier alpha value is -3.55. The highest BCUT2D eigenvalue weighted by molar-refractivity contribution is 7.92. The number of rotatable bonds is 5. The average molecular weight is 631 g/mol. The maximum Gasteiger partial charge on any atom is 0.416 e. The smallest absolute Gasteiger partial charge is 0.416 e. The standard InChI is InChI=1S/C19H17F3N4O5S.C7H6Cl2/c20-19(21,22)12-2-1-3-15(6-12)32(29,30)26-10-14(25-4-5-31-18(25)28)8-16-17(26)7-13(9-23-16)24-11-27;1-5-6(8)3-2-4-7(5)9/h1-3,6-7,9,11,14H,4-5,8,10H2,(H,24,27);2-4H,1H3. The minimum atomic E-state index is -4.73. The SMILES string of the molecule is Cc1c(Cl)cccc1Cl.O=CNc1cnc2c(c1)N(S(=O)(=O)c1cccc(C(F)(F)F)c1)CC(N1CCOC1=O)C2. The number of halogens is 5. The maximum atomic E-state index is 13.4. The van der Waals surface area contributed by atoms with Gasteiger partial charge in [-0.2, -0.15) is 13.2 Å². The first-order valence-electron chi connectivity index (χ1n) is 12.1. The van der Waals surface area contributed by atoms with Crippen molar-refractivity contribution in [2.75, 3.05) is 29.3 Å². The molecule has 1 atom stereocenters. The summed E-state index contributed by atoms with van der Waals surface area (Å²) in [5.74, 6) is 0. The van der Waals surface area contributed by atoms with Crippen molar-refractivity contribution in [3.63, 3.8) is 0 Å². The predicted octanol–water partition coefficient (Wildman–Crippen LogP) is 5.54. The Labute approximate surface area is 243 Å². The lowest BCUT2D eigenvalue weighted by Crippen LogP contribution is -2.51. The minimum Gasteiger partial charge on any atom is -0.448 e. The molecule has 9 nitrogen and oxygen atoms in total. The molecule has 3 aromatic rings. The van der Waals surface area contributed by atoms with Crippen molar-refractivity contribution in [1.29, 1.82) is 0 Å². The number of benzene rings is 2. The van der Waals surface area contributed by atoms with Gasteiger partial charge in [-0.05, 0) is 48.9 Å². The predicted molar refractivity (Wildman–Crippen MR) is 147 cm³/mol. The molecule has 41 heavy (non-hydrogen) atoms. The summed E-state index contributed by atoms with van der Waals surface area (Å²) in [6.45, 7) is 2.08. The monoisotopic (exact) mass is 630 g/mol. The van der Waals surface area contributed by atoms with Crippen molar-refractivity contribution in [1.82, 2.24) is 9.88 Å². The number of pyridine rings is 1. The Balaban J connectivity index is 0.000000367. The fourth-order valence-electron chi connectivity index (χ4n) is 4.29. The average Bonchev–Trinajstić information content (AvgIpc) is 3.37. The van der Waals surface area contributed by atoms with Gasteiger partial charge in [0.25, 0.3) is 10.0 Å². The highest BCUT2D eigenvalue weighted by atomic mass is 35.5. The second-order valence-corrected chi connectivity index (χ2v) is 11.7. The van der Waals surface area contributed by atoms with E-state index in [4.69, 9.17) is 27.9 Å². The lowest BCUT2D eigenvalue weighted by Gasteiger charge is -2.37. The van der Waals surface area contributed by atoms with Crippen molar-refractivity contribution in [2.24, 2.45) is 0 Å². The molecule has 15 heteroatoms. The number of hydrogen-bond acceptors (Lipinski definition) is 6. The van der Waals surface area contributed by atoms with Gasteiger partial charge < -0.3 is 10.1 Å². The number of nitrogens with zero attached hydrogens (tertiary/aromatic N) is 3. The van der Waals surface area contributed by atoms with Gasteiger partial charge in [-0.1, -0.05) is 35.3 Å². The van der Waals surface area contributed by atoms with Crippen LogP contribution in [0.4, 0.5) is 29.3 Å². The van der Waals surface area contributed by atoms with Gasteiger partial charge in [-0.15, -0.1) is 0 Å². The number of ether oxygens (including phenoxy) is 1. The quantitative estimate of drug-likeness (QED) is 0.371. The molecule has 218 valence electrons. The Morgan fingerprint density at radius 1 is 1.12 bits per heavy atom. The molecule has 2 aliphatic rings. The normalized spacial score (nSPS) is 16.8. The number of sulfonamides is 1. The summed E-state index contributed by atoms with van der Waals surface area (Å²) in [5.41, 5.74) is 0.471. The Bertz CT molecular complexity index is 1550. The zero-order valence-corrected chi connectivity index (χ0v) is 23.7. The number of nitrogens with one attached hydrogen (secondary N) is 1. The van der Waals surface area contributed by atoms with Crippen LogP contribution in [0.25, 0.3) is 0 Å². The number of fused-ring (bicyclic) bond motifs is 1. The van der Waals surface area contributed by atoms with Crippen LogP contribution in [0.15, 0.2) is 59.6 Å². The molecule has 0 spiro atoms. The molecule has 1 aromatic heterocycles. The Morgan fingerprint density at radius 2 is 1.80 bits per heavy atom. The Morgan fingerprint density at radius 3 is 2.39 bits per heavy atom. The summed E-state index contributed by atoms with van der Waals surface area (Å²) in [5, 5.41) is 3.82. The lowest BCUT2D eigenvalue weighted by atomic mass is 10.0. The molecule has 5 rings (SSSR count). The molecule has 3 heterocycles. The van der Waals surface area contributed by atoms with E-state index in [1.807, 2.05) is 25.1 Å². The summed E-state index contributed by atoms with van der Waals surface area (Å²) in [6.07, 6.45) is -3.40. The molecule has 1 fully saturated rings. The summed E-state index contributed by atoms with van der Waals surface area (Å²) in [6, 6.07) is 9.64. The van der Waals surface area contributed by atoms with Crippen molar-refractivity contribution in [2.45, 2.75) is 30.5 Å². The van der Waals surface area contributed by atoms with Crippen LogP contribution < -0.4 is 9.62 Å². The minimum absolute atomic E-state index is 0.109. The second kappa shape index (κ2) is 12.1. The molecule has 0 bridgehead atoms. The van der Waals surface area contributed by atoms with Gasteiger partial charge in [0.1, 0.15) is 6.61 Å². The Kier molecular flexibility index (Phi) is 9.00. The molecule has 2 aliphatic heterocycles. The van der Waals surface area contributed by atoms with E-state index < -0.39 is 38.8 Å². The van der Waals surface area contributed by atoms with E-state index in [9.17, 15) is 31.2 Å². The highest BCUT2D eigenvalue weighted by Gasteiger charge is 2.40. The van der Waals surface area contributed by atoms with E-state index in [1.54, 1.807) is 0 Å². The first-order chi connectivity index (χ1) is 19.3. The second-order valence-electron chi connectivity index (χ2n) is 9.03. The van der Waals surface area contributed by atoms with Gasteiger partial charge in [0.15, 0.2) is 0 Å². The summed E-state index contributed by atoms with van der Waals surface area (Å²) in [4.78, 5) is 27.9. The summed E-state index contributed by atoms with van der Waals surface area (Å²) in [7, 11) is -4.47. The molecule has 0 saturated carbocycles. The zero-order chi connectivity index (χ0) is 29.9. The van der Waals surface area contributed by atoms with E-state index in [0.717, 1.165) is 38.1 Å². The van der Waals surface area contributed by atoms with Gasteiger partial charge in [0, 0.05) is 16.5 Å². The van der Waals surface area contributed by atoms with E-state index in [0.29, 0.717) is 18.2 Å². The van der Waals surface area contributed by atoms with Crippen LogP contribution in [0.2, 0.25) is 10.0 Å². The van der Waals surface area contributed by atoms with Crippen LogP contribution in [0.3, 0.4) is 0 Å². The molecule has 1 N–H and O–H groups in total. The van der Waals surface area contributed by atoms with E-state index in [2.05, 4.69) is 10.3 Å². The third-order valence-corrected chi connectivity index (χ3v) is 9.03. The largest absolute Gasteiger partial charge is 0.448 e. The number of carbonyl (C=O) groups is 2. The molecular formula is C26H23Cl2F3N4O5S. The van der Waals surface area contributed by atoms with Gasteiger partial charge in [-0.25, -0.2) is 13.2 Å². The lowest BCUT2D eigenvalue weighted by molar-refractivity contribution is -0.137. The third-order valence-electron chi connectivity index (χ3n) is 6.43. The van der Waals surface area contributed by atoms with Crippen LogP contribution in [0.1, 0.15) is 16.8 Å². The number of anilines is 2. The van der Waals surface area contributed by atoms with Crippen molar-refractivity contribution in [3.05, 3.63) is 81.6 Å². The van der Waals surface area contributed by atoms with Crippen molar-refractivity contribution in [3.8, 4) is 0 Å². The number of amides is 2. The fraction of sp³-hybridized carbons (Fsp3) is 0.269. The first-order valence-corrected chi connectivity index (χ1v) is 14.3. The fourth-order valence-corrected chi connectivity index (χ4v) is 6.26. The van der Waals surface area contributed by atoms with E-state index in [-0.39, 0.29) is 37.5 Å². The number of cyclic esters (lactones) is 1. The molecular weight excluding hydrogens is 608 g/mol. The zero-order valence-electron chi connectivity index (χ0n) is 21.4. The van der Waals surface area contributed by atoms with Gasteiger partial charge >= 0.3 is 12.3 Å². The summed E-state index contributed by atoms with van der Waals surface area (Å²) >= 11 is 11.5. The number of alkyl halides is 3. The van der Waals surface area contributed by atoms with Crippen LogP contribution >= 0.6 is 23.2 Å². The number of carbonyl (C=O) groups excluding carboxylic acids is 2. The van der Waals surface area contributed by atoms with Crippen molar-refractivity contribution >= 4 is 57.1 Å². The number of aromatic nitrogens is 1. The van der Waals surface area contributed by atoms with Gasteiger partial charge in [0.2, 0.25) is 6.41 Å².